The second kappa shape index (κ2) is 11.2. The van der Waals surface area contributed by atoms with Gasteiger partial charge in [0.25, 0.3) is 0 Å². The summed E-state index contributed by atoms with van der Waals surface area (Å²) in [5.41, 5.74) is 3.37. The van der Waals surface area contributed by atoms with Gasteiger partial charge in [-0.2, -0.15) is 0 Å². The fourth-order valence-corrected chi connectivity index (χ4v) is 4.51. The predicted octanol–water partition coefficient (Wildman–Crippen LogP) is 5.89. The Bertz CT molecular complexity index is 1110. The van der Waals surface area contributed by atoms with E-state index in [1.807, 2.05) is 30.3 Å². The van der Waals surface area contributed by atoms with Gasteiger partial charge in [-0.25, -0.2) is 9.37 Å². The number of amides is 1. The molecule has 0 bridgehead atoms. The molecule has 1 fully saturated rings. The molecule has 1 saturated carbocycles. The summed E-state index contributed by atoms with van der Waals surface area (Å²) in [6.45, 7) is 0.470. The van der Waals surface area contributed by atoms with E-state index < -0.39 is 0 Å². The van der Waals surface area contributed by atoms with Gasteiger partial charge in [0.05, 0.1) is 10.7 Å². The highest BCUT2D eigenvalue weighted by Crippen LogP contribution is 2.34. The van der Waals surface area contributed by atoms with Gasteiger partial charge < -0.3 is 10.6 Å². The third-order valence-corrected chi connectivity index (χ3v) is 6.26. The second-order valence-electron chi connectivity index (χ2n) is 8.24. The summed E-state index contributed by atoms with van der Waals surface area (Å²) < 4.78 is 13.4. The molecule has 0 radical (unpaired) electrons. The average Bonchev–Trinajstić information content (AvgIpc) is 3.27. The lowest BCUT2D eigenvalue weighted by Gasteiger charge is -2.13. The Kier molecular flexibility index (Phi) is 8.39. The van der Waals surface area contributed by atoms with Gasteiger partial charge in [-0.3, -0.25) is 9.78 Å². The summed E-state index contributed by atoms with van der Waals surface area (Å²) in [6, 6.07) is 14.2. The van der Waals surface area contributed by atoms with E-state index in [0.29, 0.717) is 23.3 Å². The van der Waals surface area contributed by atoms with Gasteiger partial charge in [-0.05, 0) is 67.5 Å². The second-order valence-corrected chi connectivity index (χ2v) is 8.65. The van der Waals surface area contributed by atoms with Crippen molar-refractivity contribution < 1.29 is 9.18 Å². The molecular weight excluding hydrogens is 439 g/mol. The van der Waals surface area contributed by atoms with E-state index in [1.165, 1.54) is 12.1 Å². The number of anilines is 1. The van der Waals surface area contributed by atoms with Gasteiger partial charge in [0.15, 0.2) is 0 Å². The first kappa shape index (κ1) is 24.6. The van der Waals surface area contributed by atoms with E-state index in [4.69, 9.17) is 16.6 Å². The average molecular weight is 469 g/mol. The van der Waals surface area contributed by atoms with Crippen LogP contribution in [0.1, 0.15) is 37.9 Å². The Morgan fingerprint density at radius 3 is 2.79 bits per heavy atom. The largest absolute Gasteiger partial charge is 0.366 e. The van der Waals surface area contributed by atoms with E-state index in [9.17, 15) is 9.18 Å². The molecule has 33 heavy (non-hydrogen) atoms. The summed E-state index contributed by atoms with van der Waals surface area (Å²) in [4.78, 5) is 21.1. The van der Waals surface area contributed by atoms with Crippen LogP contribution in [0.4, 0.5) is 10.2 Å². The van der Waals surface area contributed by atoms with Crippen LogP contribution in [0, 0.1) is 17.7 Å². The minimum absolute atomic E-state index is 0. The Labute approximate surface area is 199 Å². The molecule has 1 aliphatic rings. The first-order chi connectivity index (χ1) is 15.5. The molecule has 1 aliphatic carbocycles. The van der Waals surface area contributed by atoms with Crippen LogP contribution in [0.5, 0.6) is 0 Å². The maximum atomic E-state index is 13.4. The van der Waals surface area contributed by atoms with Crippen LogP contribution in [-0.2, 0) is 17.8 Å². The van der Waals surface area contributed by atoms with Crippen LogP contribution >= 0.6 is 11.6 Å². The Morgan fingerprint density at radius 2 is 2.00 bits per heavy atom. The number of nitrogens with one attached hydrogen (secondary N) is 2. The molecule has 3 aromatic rings. The fourth-order valence-electron chi connectivity index (χ4n) is 4.31. The molecule has 174 valence electrons. The van der Waals surface area contributed by atoms with Crippen molar-refractivity contribution in [2.45, 2.75) is 39.7 Å². The van der Waals surface area contributed by atoms with E-state index in [1.54, 1.807) is 19.3 Å². The number of rotatable bonds is 7. The van der Waals surface area contributed by atoms with Crippen molar-refractivity contribution in [2.75, 3.05) is 12.4 Å². The van der Waals surface area contributed by atoms with Crippen LogP contribution in [0.15, 0.2) is 54.7 Å². The molecule has 2 heterocycles. The summed E-state index contributed by atoms with van der Waals surface area (Å²) in [5, 5.41) is 6.53. The molecule has 1 aromatic carbocycles. The lowest BCUT2D eigenvalue weighted by Crippen LogP contribution is -2.25. The van der Waals surface area contributed by atoms with Crippen molar-refractivity contribution in [1.82, 2.24) is 15.3 Å². The van der Waals surface area contributed by atoms with Crippen LogP contribution < -0.4 is 10.6 Å². The standard InChI is InChI=1S/C25H26ClFN4O.CH4/c1-28-25(32)18-9-8-16(10-18)12-20-13-21(22(26)15-29-20)23-6-3-7-24(31-23)30-14-17-4-2-5-19(27)11-17;/h2-7,11,13,15-16,18H,8-10,12,14H2,1H3,(H,28,32)(H,30,31);1H4/t16-,18+;/m1./s1. The summed E-state index contributed by atoms with van der Waals surface area (Å²) in [5.74, 6) is 1.09. The topological polar surface area (TPSA) is 66.9 Å². The molecule has 1 amide bonds. The number of nitrogens with zero attached hydrogens (tertiary/aromatic N) is 2. The molecular formula is C26H30ClFN4O. The minimum atomic E-state index is -0.258. The van der Waals surface area contributed by atoms with Gasteiger partial charge in [-0.15, -0.1) is 0 Å². The number of benzene rings is 1. The zero-order valence-electron chi connectivity index (χ0n) is 17.9. The maximum Gasteiger partial charge on any atom is 0.222 e. The summed E-state index contributed by atoms with van der Waals surface area (Å²) in [6.07, 6.45) is 5.32. The van der Waals surface area contributed by atoms with Crippen molar-refractivity contribution in [3.63, 3.8) is 0 Å². The molecule has 0 unspecified atom stereocenters. The molecule has 0 saturated heterocycles. The number of hydrogen-bond acceptors (Lipinski definition) is 4. The first-order valence-corrected chi connectivity index (χ1v) is 11.2. The highest BCUT2D eigenvalue weighted by Gasteiger charge is 2.29. The highest BCUT2D eigenvalue weighted by molar-refractivity contribution is 6.33. The first-order valence-electron chi connectivity index (χ1n) is 10.8. The maximum absolute atomic E-state index is 13.4. The van der Waals surface area contributed by atoms with Gasteiger partial charge in [0.2, 0.25) is 5.91 Å². The smallest absolute Gasteiger partial charge is 0.222 e. The van der Waals surface area contributed by atoms with E-state index in [0.717, 1.165) is 48.2 Å². The van der Waals surface area contributed by atoms with Crippen LogP contribution in [0.25, 0.3) is 11.3 Å². The number of carbonyl (C=O) groups is 1. The van der Waals surface area contributed by atoms with Crippen molar-refractivity contribution in [1.29, 1.82) is 0 Å². The number of carbonyl (C=O) groups excluding carboxylic acids is 1. The Morgan fingerprint density at radius 1 is 1.18 bits per heavy atom. The third-order valence-electron chi connectivity index (χ3n) is 5.96. The molecule has 7 heteroatoms. The lowest BCUT2D eigenvalue weighted by atomic mass is 9.98. The summed E-state index contributed by atoms with van der Waals surface area (Å²) in [7, 11) is 1.69. The fraction of sp³-hybridized carbons (Fsp3) is 0.346. The minimum Gasteiger partial charge on any atom is -0.366 e. The molecule has 2 atom stereocenters. The Hall–Kier alpha value is -2.99. The molecule has 0 aliphatic heterocycles. The SMILES string of the molecule is C.CNC(=O)[C@H]1CC[C@@H](Cc2cc(-c3cccc(NCc4cccc(F)c4)n3)c(Cl)cn2)C1. The Balaban J connectivity index is 0.00000306. The molecule has 2 aromatic heterocycles. The third kappa shape index (κ3) is 6.29. The zero-order chi connectivity index (χ0) is 22.5. The predicted molar refractivity (Wildman–Crippen MR) is 132 cm³/mol. The van der Waals surface area contributed by atoms with Gasteiger partial charge in [0.1, 0.15) is 11.6 Å². The zero-order valence-corrected chi connectivity index (χ0v) is 18.7. The monoisotopic (exact) mass is 468 g/mol. The number of pyridine rings is 2. The van der Waals surface area contributed by atoms with Crippen LogP contribution in [-0.4, -0.2) is 22.9 Å². The van der Waals surface area contributed by atoms with Crippen molar-refractivity contribution in [3.8, 4) is 11.3 Å². The van der Waals surface area contributed by atoms with Gasteiger partial charge in [0, 0.05) is 37.0 Å². The van der Waals surface area contributed by atoms with Crippen LogP contribution in [0.3, 0.4) is 0 Å². The normalized spacial score (nSPS) is 17.3. The van der Waals surface area contributed by atoms with Crippen molar-refractivity contribution >= 4 is 23.3 Å². The molecule has 2 N–H and O–H groups in total. The highest BCUT2D eigenvalue weighted by atomic mass is 35.5. The molecule has 0 spiro atoms. The quantitative estimate of drug-likeness (QED) is 0.453. The van der Waals surface area contributed by atoms with Crippen molar-refractivity contribution in [3.05, 3.63) is 76.8 Å². The van der Waals surface area contributed by atoms with Gasteiger partial charge in [-0.1, -0.05) is 37.2 Å². The van der Waals surface area contributed by atoms with E-state index in [2.05, 4.69) is 15.6 Å². The van der Waals surface area contributed by atoms with E-state index in [-0.39, 0.29) is 25.1 Å². The number of aromatic nitrogens is 2. The summed E-state index contributed by atoms with van der Waals surface area (Å²) >= 11 is 6.46. The van der Waals surface area contributed by atoms with Crippen LogP contribution in [0.2, 0.25) is 5.02 Å². The van der Waals surface area contributed by atoms with Gasteiger partial charge >= 0.3 is 0 Å². The lowest BCUT2D eigenvalue weighted by molar-refractivity contribution is -0.124. The molecule has 4 rings (SSSR count). The number of halogens is 2. The van der Waals surface area contributed by atoms with Crippen molar-refractivity contribution in [2.24, 2.45) is 11.8 Å². The van der Waals surface area contributed by atoms with E-state index >= 15 is 0 Å². The number of hydrogen-bond donors (Lipinski definition) is 2. The molecule has 5 nitrogen and oxygen atoms in total.